The van der Waals surface area contributed by atoms with E-state index in [0.717, 1.165) is 67.8 Å². The van der Waals surface area contributed by atoms with Gasteiger partial charge in [-0.3, -0.25) is 19.7 Å². The largest absolute Gasteiger partial charge is 0.490 e. The third-order valence-electron chi connectivity index (χ3n) is 5.95. The number of ether oxygens (including phenoxy) is 2. The van der Waals surface area contributed by atoms with Gasteiger partial charge in [0.1, 0.15) is 24.0 Å². The van der Waals surface area contributed by atoms with E-state index in [4.69, 9.17) is 14.5 Å². The average molecular weight is 434 g/mol. The third kappa shape index (κ3) is 4.11. The number of nitrogens with zero attached hydrogens (tertiary/aromatic N) is 4. The maximum absolute atomic E-state index is 12.8. The molecule has 3 aliphatic heterocycles. The third-order valence-corrected chi connectivity index (χ3v) is 5.95. The van der Waals surface area contributed by atoms with Crippen molar-refractivity contribution in [3.63, 3.8) is 0 Å². The van der Waals surface area contributed by atoms with Crippen LogP contribution < -0.4 is 10.1 Å². The number of anilines is 1. The molecule has 4 heterocycles. The summed E-state index contributed by atoms with van der Waals surface area (Å²) in [4.78, 5) is 26.0. The minimum absolute atomic E-state index is 0.0993. The number of allylic oxidation sites excluding steroid dienone is 1. The zero-order valence-corrected chi connectivity index (χ0v) is 18.2. The molecule has 0 amide bonds. The molecule has 0 bridgehead atoms. The second-order valence-electron chi connectivity index (χ2n) is 8.05. The molecule has 1 aromatic heterocycles. The number of hydrogen-bond donors (Lipinski definition) is 1. The van der Waals surface area contributed by atoms with Crippen molar-refractivity contribution in [2.75, 3.05) is 57.9 Å². The van der Waals surface area contributed by atoms with Crippen LogP contribution in [0.2, 0.25) is 0 Å². The van der Waals surface area contributed by atoms with Crippen molar-refractivity contribution in [3.8, 4) is 5.75 Å². The minimum Gasteiger partial charge on any atom is -0.490 e. The molecule has 32 heavy (non-hydrogen) atoms. The lowest BCUT2D eigenvalue weighted by Crippen LogP contribution is -2.39. The van der Waals surface area contributed by atoms with E-state index in [1.165, 1.54) is 0 Å². The summed E-state index contributed by atoms with van der Waals surface area (Å²) in [6, 6.07) is 7.68. The van der Waals surface area contributed by atoms with Crippen molar-refractivity contribution in [1.82, 2.24) is 14.8 Å². The fraction of sp³-hybridized carbons (Fsp3) is 0.375. The van der Waals surface area contributed by atoms with E-state index < -0.39 is 0 Å². The summed E-state index contributed by atoms with van der Waals surface area (Å²) in [5, 5.41) is 3.47. The topological polar surface area (TPSA) is 79.3 Å². The van der Waals surface area contributed by atoms with Crippen LogP contribution in [0.3, 0.4) is 0 Å². The van der Waals surface area contributed by atoms with E-state index in [2.05, 4.69) is 32.2 Å². The van der Waals surface area contributed by atoms with Crippen LogP contribution >= 0.6 is 0 Å². The van der Waals surface area contributed by atoms with Gasteiger partial charge in [-0.05, 0) is 30.7 Å². The van der Waals surface area contributed by atoms with E-state index >= 15 is 0 Å². The monoisotopic (exact) mass is 433 g/mol. The zero-order valence-electron chi connectivity index (χ0n) is 18.2. The molecule has 0 spiro atoms. The standard InChI is InChI=1S/C24H27N5O3/c1-17-4-5-19-22(23(17)32-14-11-28-9-12-31-13-10-28)27-21(29-8-7-26-24(19)29)15-20(30)18-3-2-6-25-16-18/h2-6,15-16,27H,7-14H2,1H3/b21-15+. The predicted molar refractivity (Wildman–Crippen MR) is 122 cm³/mol. The Bertz CT molecular complexity index is 1060. The van der Waals surface area contributed by atoms with E-state index in [-0.39, 0.29) is 5.78 Å². The highest BCUT2D eigenvalue weighted by atomic mass is 16.5. The van der Waals surface area contributed by atoms with Crippen LogP contribution in [0.4, 0.5) is 5.69 Å². The van der Waals surface area contributed by atoms with Crippen LogP contribution in [0.1, 0.15) is 21.5 Å². The van der Waals surface area contributed by atoms with Crippen molar-refractivity contribution in [2.45, 2.75) is 6.92 Å². The number of rotatable bonds is 6. The Kier molecular flexibility index (Phi) is 5.87. The summed E-state index contributed by atoms with van der Waals surface area (Å²) in [7, 11) is 0. The van der Waals surface area contributed by atoms with Crippen LogP contribution in [0.25, 0.3) is 0 Å². The molecule has 1 aromatic carbocycles. The summed E-state index contributed by atoms with van der Waals surface area (Å²) in [6.45, 7) is 8.31. The zero-order chi connectivity index (χ0) is 21.9. The fourth-order valence-electron chi connectivity index (χ4n) is 4.22. The van der Waals surface area contributed by atoms with Crippen molar-refractivity contribution < 1.29 is 14.3 Å². The Morgan fingerprint density at radius 2 is 2.12 bits per heavy atom. The summed E-state index contributed by atoms with van der Waals surface area (Å²) < 4.78 is 11.7. The van der Waals surface area contributed by atoms with E-state index in [1.54, 1.807) is 30.6 Å². The summed E-state index contributed by atoms with van der Waals surface area (Å²) >= 11 is 0. The van der Waals surface area contributed by atoms with Gasteiger partial charge in [0.25, 0.3) is 0 Å². The molecule has 0 radical (unpaired) electrons. The predicted octanol–water partition coefficient (Wildman–Crippen LogP) is 2.31. The number of aliphatic imine (C=N–C) groups is 1. The fourth-order valence-corrected chi connectivity index (χ4v) is 4.22. The average Bonchev–Trinajstić information content (AvgIpc) is 3.32. The molecule has 3 aliphatic rings. The van der Waals surface area contributed by atoms with E-state index in [0.29, 0.717) is 24.5 Å². The first-order valence-electron chi connectivity index (χ1n) is 11.0. The molecule has 0 aliphatic carbocycles. The highest BCUT2D eigenvalue weighted by Crippen LogP contribution is 2.39. The number of aromatic nitrogens is 1. The van der Waals surface area contributed by atoms with Gasteiger partial charge in [0.2, 0.25) is 0 Å². The Balaban J connectivity index is 1.41. The lowest BCUT2D eigenvalue weighted by atomic mass is 10.0. The molecule has 8 nitrogen and oxygen atoms in total. The number of carbonyl (C=O) groups is 1. The van der Waals surface area contributed by atoms with Gasteiger partial charge in [0, 0.05) is 55.8 Å². The summed E-state index contributed by atoms with van der Waals surface area (Å²) in [5.74, 6) is 2.30. The first-order chi connectivity index (χ1) is 15.7. The van der Waals surface area contributed by atoms with Gasteiger partial charge in [-0.25, -0.2) is 0 Å². The van der Waals surface area contributed by atoms with Crippen molar-refractivity contribution >= 4 is 17.3 Å². The van der Waals surface area contributed by atoms with Gasteiger partial charge in [-0.15, -0.1) is 0 Å². The molecule has 5 rings (SSSR count). The first-order valence-corrected chi connectivity index (χ1v) is 11.0. The van der Waals surface area contributed by atoms with E-state index in [9.17, 15) is 4.79 Å². The molecule has 166 valence electrons. The second kappa shape index (κ2) is 9.10. The molecule has 2 aromatic rings. The van der Waals surface area contributed by atoms with Crippen LogP contribution in [-0.2, 0) is 4.74 Å². The summed E-state index contributed by atoms with van der Waals surface area (Å²) in [5.41, 5.74) is 3.47. The van der Waals surface area contributed by atoms with Crippen LogP contribution in [0.15, 0.2) is 53.5 Å². The lowest BCUT2D eigenvalue weighted by molar-refractivity contribution is 0.0322. The molecule has 1 N–H and O–H groups in total. The van der Waals surface area contributed by atoms with Gasteiger partial charge < -0.3 is 19.7 Å². The van der Waals surface area contributed by atoms with Crippen molar-refractivity contribution in [2.24, 2.45) is 4.99 Å². The molecule has 0 saturated carbocycles. The Morgan fingerprint density at radius 1 is 1.25 bits per heavy atom. The molecular weight excluding hydrogens is 406 g/mol. The summed E-state index contributed by atoms with van der Waals surface area (Å²) in [6.07, 6.45) is 4.87. The van der Waals surface area contributed by atoms with Crippen LogP contribution in [0.5, 0.6) is 5.75 Å². The Hall–Kier alpha value is -3.23. The number of amidine groups is 1. The normalized spacial score (nSPS) is 19.2. The van der Waals surface area contributed by atoms with Gasteiger partial charge in [-0.2, -0.15) is 0 Å². The minimum atomic E-state index is -0.0993. The number of morpholine rings is 1. The number of fused-ring (bicyclic) bond motifs is 3. The van der Waals surface area contributed by atoms with Gasteiger partial charge >= 0.3 is 0 Å². The maximum Gasteiger partial charge on any atom is 0.191 e. The number of benzene rings is 1. The Morgan fingerprint density at radius 3 is 2.94 bits per heavy atom. The molecule has 0 atom stereocenters. The number of hydrogen-bond acceptors (Lipinski definition) is 8. The molecule has 0 unspecified atom stereocenters. The van der Waals surface area contributed by atoms with E-state index in [1.807, 2.05) is 6.92 Å². The molecule has 8 heteroatoms. The molecule has 1 fully saturated rings. The van der Waals surface area contributed by atoms with Crippen molar-refractivity contribution in [1.29, 1.82) is 0 Å². The number of carbonyl (C=O) groups excluding carboxylic acids is 1. The highest BCUT2D eigenvalue weighted by Gasteiger charge is 2.32. The SMILES string of the molecule is Cc1ccc2c(c1OCCN1CCOCC1)N/C(=C\C(=O)c1cccnc1)N1CCN=C21. The molecule has 1 saturated heterocycles. The Labute approximate surface area is 187 Å². The lowest BCUT2D eigenvalue weighted by Gasteiger charge is -2.33. The van der Waals surface area contributed by atoms with Gasteiger partial charge in [0.05, 0.1) is 25.4 Å². The van der Waals surface area contributed by atoms with Crippen molar-refractivity contribution in [3.05, 3.63) is 65.2 Å². The number of aryl methyl sites for hydroxylation is 1. The second-order valence-corrected chi connectivity index (χ2v) is 8.05. The van der Waals surface area contributed by atoms with Crippen LogP contribution in [0, 0.1) is 6.92 Å². The number of ketones is 1. The quantitative estimate of drug-likeness (QED) is 0.553. The smallest absolute Gasteiger partial charge is 0.191 e. The maximum atomic E-state index is 12.8. The van der Waals surface area contributed by atoms with Gasteiger partial charge in [0.15, 0.2) is 5.78 Å². The van der Waals surface area contributed by atoms with Gasteiger partial charge in [-0.1, -0.05) is 6.07 Å². The first kappa shape index (κ1) is 20.7. The van der Waals surface area contributed by atoms with Crippen LogP contribution in [-0.4, -0.2) is 78.9 Å². The highest BCUT2D eigenvalue weighted by molar-refractivity contribution is 6.11. The number of nitrogens with one attached hydrogen (secondary N) is 1. The number of pyridine rings is 1. The molecular formula is C24H27N5O3.